The van der Waals surface area contributed by atoms with E-state index in [2.05, 4.69) is 75.4 Å². The summed E-state index contributed by atoms with van der Waals surface area (Å²) in [4.78, 5) is 0. The van der Waals surface area contributed by atoms with E-state index in [-0.39, 0.29) is 5.41 Å². The van der Waals surface area contributed by atoms with E-state index in [1.807, 2.05) is 0 Å². The van der Waals surface area contributed by atoms with Crippen molar-refractivity contribution in [3.8, 4) is 0 Å². The van der Waals surface area contributed by atoms with Crippen LogP contribution in [0, 0.1) is 12.3 Å². The number of benzene rings is 1. The van der Waals surface area contributed by atoms with Crippen LogP contribution >= 0.6 is 0 Å². The first-order chi connectivity index (χ1) is 7.57. The minimum atomic E-state index is 0.155. The summed E-state index contributed by atoms with van der Waals surface area (Å²) in [7, 11) is 0. The van der Waals surface area contributed by atoms with Crippen molar-refractivity contribution in [2.75, 3.05) is 0 Å². The highest BCUT2D eigenvalue weighted by Crippen LogP contribution is 2.26. The van der Waals surface area contributed by atoms with Gasteiger partial charge in [0, 0.05) is 5.41 Å². The summed E-state index contributed by atoms with van der Waals surface area (Å²) >= 11 is 0. The number of rotatable bonds is 1. The second kappa shape index (κ2) is 4.13. The van der Waals surface area contributed by atoms with Gasteiger partial charge in [-0.15, -0.1) is 0 Å². The van der Waals surface area contributed by atoms with Gasteiger partial charge in [0.1, 0.15) is 0 Å². The standard InChI is InChI=1S/C16H18/c1-13-6-4-7-15(12-13)14-8-5-10-16(2,3)11-9-14/h4-12H,1-3H3. The molecule has 0 bridgehead atoms. The Morgan fingerprint density at radius 2 is 1.88 bits per heavy atom. The molecule has 0 saturated heterocycles. The molecule has 0 nitrogen and oxygen atoms in total. The summed E-state index contributed by atoms with van der Waals surface area (Å²) in [5, 5.41) is 0. The molecule has 0 heterocycles. The molecule has 1 aromatic carbocycles. The summed E-state index contributed by atoms with van der Waals surface area (Å²) in [6.45, 7) is 6.56. The van der Waals surface area contributed by atoms with E-state index < -0.39 is 0 Å². The molecule has 0 spiro atoms. The minimum absolute atomic E-state index is 0.155. The van der Waals surface area contributed by atoms with Gasteiger partial charge in [-0.25, -0.2) is 0 Å². The van der Waals surface area contributed by atoms with E-state index in [4.69, 9.17) is 0 Å². The van der Waals surface area contributed by atoms with Crippen LogP contribution in [0.5, 0.6) is 0 Å². The van der Waals surface area contributed by atoms with E-state index in [0.29, 0.717) is 0 Å². The van der Waals surface area contributed by atoms with Crippen molar-refractivity contribution in [1.29, 1.82) is 0 Å². The molecule has 0 aromatic heterocycles. The first kappa shape index (κ1) is 10.9. The molecule has 1 aromatic rings. The van der Waals surface area contributed by atoms with Gasteiger partial charge in [-0.2, -0.15) is 0 Å². The molecule has 0 aliphatic heterocycles. The Labute approximate surface area is 98.0 Å². The maximum atomic E-state index is 2.25. The first-order valence-electron chi connectivity index (χ1n) is 5.73. The molecule has 1 aliphatic rings. The summed E-state index contributed by atoms with van der Waals surface area (Å²) in [6, 6.07) is 8.63. The van der Waals surface area contributed by atoms with Crippen molar-refractivity contribution < 1.29 is 0 Å². The average molecular weight is 210 g/mol. The van der Waals surface area contributed by atoms with Gasteiger partial charge < -0.3 is 0 Å². The summed E-state index contributed by atoms with van der Waals surface area (Å²) < 4.78 is 0. The number of allylic oxidation sites excluding steroid dienone is 6. The van der Waals surface area contributed by atoms with Crippen molar-refractivity contribution >= 4 is 5.57 Å². The molecule has 0 radical (unpaired) electrons. The van der Waals surface area contributed by atoms with Gasteiger partial charge >= 0.3 is 0 Å². The summed E-state index contributed by atoms with van der Waals surface area (Å²) in [6.07, 6.45) is 11.0. The molecule has 0 amide bonds. The maximum absolute atomic E-state index is 2.25. The van der Waals surface area contributed by atoms with E-state index in [9.17, 15) is 0 Å². The predicted octanol–water partition coefficient (Wildman–Crippen LogP) is 4.53. The minimum Gasteiger partial charge on any atom is -0.0751 e. The highest BCUT2D eigenvalue weighted by molar-refractivity contribution is 5.76. The van der Waals surface area contributed by atoms with E-state index in [1.165, 1.54) is 16.7 Å². The Morgan fingerprint density at radius 3 is 2.62 bits per heavy atom. The summed E-state index contributed by atoms with van der Waals surface area (Å²) in [5.74, 6) is 0. The van der Waals surface area contributed by atoms with Gasteiger partial charge in [0.2, 0.25) is 0 Å². The molecule has 16 heavy (non-hydrogen) atoms. The van der Waals surface area contributed by atoms with Crippen LogP contribution in [0.15, 0.2) is 54.6 Å². The third-order valence-corrected chi connectivity index (χ3v) is 2.85. The molecule has 82 valence electrons. The van der Waals surface area contributed by atoms with Crippen LogP contribution in [0.1, 0.15) is 25.0 Å². The van der Waals surface area contributed by atoms with E-state index in [0.717, 1.165) is 0 Å². The third-order valence-electron chi connectivity index (χ3n) is 2.85. The molecule has 1 aliphatic carbocycles. The first-order valence-corrected chi connectivity index (χ1v) is 5.73. The number of hydrogen-bond acceptors (Lipinski definition) is 0. The van der Waals surface area contributed by atoms with Crippen molar-refractivity contribution in [3.05, 3.63) is 65.8 Å². The fourth-order valence-electron chi connectivity index (χ4n) is 1.83. The molecule has 0 N–H and O–H groups in total. The van der Waals surface area contributed by atoms with Gasteiger partial charge in [-0.1, -0.05) is 74.1 Å². The fourth-order valence-corrected chi connectivity index (χ4v) is 1.83. The van der Waals surface area contributed by atoms with Crippen LogP contribution in [0.4, 0.5) is 0 Å². The van der Waals surface area contributed by atoms with Gasteiger partial charge in [0.05, 0.1) is 0 Å². The van der Waals surface area contributed by atoms with Crippen LogP contribution < -0.4 is 0 Å². The Kier molecular flexibility index (Phi) is 2.82. The number of hydrogen-bond donors (Lipinski definition) is 0. The van der Waals surface area contributed by atoms with Crippen molar-refractivity contribution in [1.82, 2.24) is 0 Å². The van der Waals surface area contributed by atoms with E-state index >= 15 is 0 Å². The molecule has 0 atom stereocenters. The van der Waals surface area contributed by atoms with E-state index in [1.54, 1.807) is 0 Å². The molecular weight excluding hydrogens is 192 g/mol. The molecule has 0 unspecified atom stereocenters. The Hall–Kier alpha value is -1.56. The molecule has 0 fully saturated rings. The van der Waals surface area contributed by atoms with Crippen LogP contribution in [-0.4, -0.2) is 0 Å². The predicted molar refractivity (Wildman–Crippen MR) is 71.2 cm³/mol. The quantitative estimate of drug-likeness (QED) is 0.638. The summed E-state index contributed by atoms with van der Waals surface area (Å²) in [5.41, 5.74) is 4.03. The van der Waals surface area contributed by atoms with Crippen LogP contribution in [0.2, 0.25) is 0 Å². The van der Waals surface area contributed by atoms with Crippen LogP contribution in [-0.2, 0) is 0 Å². The van der Waals surface area contributed by atoms with Gasteiger partial charge in [0.25, 0.3) is 0 Å². The lowest BCUT2D eigenvalue weighted by molar-refractivity contribution is 0.627. The Balaban J connectivity index is 2.37. The van der Waals surface area contributed by atoms with Crippen molar-refractivity contribution in [2.24, 2.45) is 5.41 Å². The SMILES string of the molecule is Cc1cccc(C2=CC=CC(C)(C)C=C2)c1. The highest BCUT2D eigenvalue weighted by atomic mass is 14.2. The van der Waals surface area contributed by atoms with Gasteiger partial charge in [-0.3, -0.25) is 0 Å². The second-order valence-corrected chi connectivity index (χ2v) is 5.01. The molecule has 0 saturated carbocycles. The molecule has 0 heteroatoms. The van der Waals surface area contributed by atoms with Crippen molar-refractivity contribution in [3.63, 3.8) is 0 Å². The zero-order valence-electron chi connectivity index (χ0n) is 10.2. The fraction of sp³-hybridized carbons (Fsp3) is 0.250. The second-order valence-electron chi connectivity index (χ2n) is 5.01. The number of aryl methyl sites for hydroxylation is 1. The highest BCUT2D eigenvalue weighted by Gasteiger charge is 2.10. The van der Waals surface area contributed by atoms with Gasteiger partial charge in [-0.05, 0) is 18.1 Å². The van der Waals surface area contributed by atoms with Crippen LogP contribution in [0.25, 0.3) is 5.57 Å². The topological polar surface area (TPSA) is 0 Å². The normalized spacial score (nSPS) is 18.1. The molecular formula is C16H18. The lowest BCUT2D eigenvalue weighted by atomic mass is 9.93. The lowest BCUT2D eigenvalue weighted by Crippen LogP contribution is -2.00. The Morgan fingerprint density at radius 1 is 1.06 bits per heavy atom. The smallest absolute Gasteiger partial charge is 0.00109 e. The van der Waals surface area contributed by atoms with Crippen LogP contribution in [0.3, 0.4) is 0 Å². The van der Waals surface area contributed by atoms with Gasteiger partial charge in [0.15, 0.2) is 0 Å². The third kappa shape index (κ3) is 2.52. The average Bonchev–Trinajstić information content (AvgIpc) is 2.39. The zero-order chi connectivity index (χ0) is 11.6. The lowest BCUT2D eigenvalue weighted by Gasteiger charge is -2.12. The largest absolute Gasteiger partial charge is 0.0751 e. The Bertz CT molecular complexity index is 471. The monoisotopic (exact) mass is 210 g/mol. The maximum Gasteiger partial charge on any atom is 0.00109 e. The van der Waals surface area contributed by atoms with Crippen molar-refractivity contribution in [2.45, 2.75) is 20.8 Å². The molecule has 2 rings (SSSR count). The zero-order valence-corrected chi connectivity index (χ0v) is 10.2.